The summed E-state index contributed by atoms with van der Waals surface area (Å²) in [5.74, 6) is 0. The van der Waals surface area contributed by atoms with Crippen molar-refractivity contribution in [2.24, 2.45) is 0 Å². The van der Waals surface area contributed by atoms with Crippen molar-refractivity contribution < 1.29 is 16.8 Å². The maximum atomic E-state index is 13.2. The van der Waals surface area contributed by atoms with E-state index in [9.17, 15) is 16.8 Å². The third kappa shape index (κ3) is 5.86. The molecule has 0 heterocycles. The molecule has 0 aromatic heterocycles. The van der Waals surface area contributed by atoms with Crippen LogP contribution in [0, 0.1) is 41.5 Å². The number of rotatable bonds is 9. The molecule has 8 heteroatoms. The lowest BCUT2D eigenvalue weighted by atomic mass is 10.1. The fourth-order valence-corrected chi connectivity index (χ4v) is 7.43. The second-order valence-electron chi connectivity index (χ2n) is 8.23. The molecule has 2 rings (SSSR count). The molecule has 2 aromatic rings. The highest BCUT2D eigenvalue weighted by Gasteiger charge is 2.26. The van der Waals surface area contributed by atoms with Crippen molar-refractivity contribution in [3.05, 3.63) is 69.8 Å². The summed E-state index contributed by atoms with van der Waals surface area (Å²) in [5, 5.41) is 0. The zero-order valence-electron chi connectivity index (χ0n) is 20.0. The van der Waals surface area contributed by atoms with Gasteiger partial charge in [-0.1, -0.05) is 54.5 Å². The molecule has 6 nitrogen and oxygen atoms in total. The van der Waals surface area contributed by atoms with Gasteiger partial charge in [-0.25, -0.2) is 21.6 Å². The number of benzene rings is 2. The quantitative estimate of drug-likeness (QED) is 0.551. The van der Waals surface area contributed by atoms with Crippen LogP contribution in [0.15, 0.2) is 46.2 Å². The third-order valence-electron chi connectivity index (χ3n) is 5.30. The van der Waals surface area contributed by atoms with Gasteiger partial charge in [-0.2, -0.15) is 4.31 Å². The van der Waals surface area contributed by atoms with E-state index in [1.54, 1.807) is 46.8 Å². The Bertz CT molecular complexity index is 1180. The molecular weight excluding hydrogens is 444 g/mol. The predicted molar refractivity (Wildman–Crippen MR) is 130 cm³/mol. The number of nitrogens with zero attached hydrogens (tertiary/aromatic N) is 1. The van der Waals surface area contributed by atoms with Crippen LogP contribution >= 0.6 is 0 Å². The summed E-state index contributed by atoms with van der Waals surface area (Å²) in [6.45, 7) is 13.4. The normalized spacial score (nSPS) is 12.8. The van der Waals surface area contributed by atoms with Crippen LogP contribution in [-0.2, 0) is 20.0 Å². The van der Waals surface area contributed by atoms with Crippen LogP contribution in [0.1, 0.15) is 40.3 Å². The summed E-state index contributed by atoms with van der Waals surface area (Å²) >= 11 is 0. The van der Waals surface area contributed by atoms with Gasteiger partial charge in [0.1, 0.15) is 0 Å². The van der Waals surface area contributed by atoms with Gasteiger partial charge < -0.3 is 0 Å². The molecule has 0 bridgehead atoms. The summed E-state index contributed by atoms with van der Waals surface area (Å²) in [5.41, 5.74) is 4.88. The molecule has 32 heavy (non-hydrogen) atoms. The summed E-state index contributed by atoms with van der Waals surface area (Å²) in [6.07, 6.45) is 3.32. The van der Waals surface area contributed by atoms with E-state index in [-0.39, 0.29) is 13.1 Å². The average Bonchev–Trinajstić information content (AvgIpc) is 2.62. The number of likely N-dealkylation sites (N-methyl/N-ethyl adjacent to an activating group) is 1. The molecule has 0 radical (unpaired) electrons. The van der Waals surface area contributed by atoms with Crippen molar-refractivity contribution >= 4 is 20.0 Å². The highest BCUT2D eigenvalue weighted by molar-refractivity contribution is 7.89. The van der Waals surface area contributed by atoms with E-state index in [0.717, 1.165) is 22.3 Å². The molecule has 0 unspecified atom stereocenters. The minimum Gasteiger partial charge on any atom is -0.207 e. The minimum atomic E-state index is -3.66. The average molecular weight is 479 g/mol. The number of hydrogen-bond acceptors (Lipinski definition) is 4. The van der Waals surface area contributed by atoms with Crippen molar-refractivity contribution in [2.45, 2.75) is 58.3 Å². The Balaban J connectivity index is 2.12. The monoisotopic (exact) mass is 478 g/mol. The van der Waals surface area contributed by atoms with Crippen molar-refractivity contribution in [1.29, 1.82) is 0 Å². The van der Waals surface area contributed by atoms with Crippen molar-refractivity contribution in [3.8, 4) is 0 Å². The van der Waals surface area contributed by atoms with Crippen LogP contribution < -0.4 is 4.72 Å². The summed E-state index contributed by atoms with van der Waals surface area (Å²) in [7, 11) is -7.32. The lowest BCUT2D eigenvalue weighted by Crippen LogP contribution is -2.32. The van der Waals surface area contributed by atoms with Crippen molar-refractivity contribution in [2.75, 3.05) is 19.6 Å². The van der Waals surface area contributed by atoms with Crippen LogP contribution in [0.4, 0.5) is 0 Å². The second kappa shape index (κ2) is 10.3. The smallest absolute Gasteiger partial charge is 0.207 e. The van der Waals surface area contributed by atoms with E-state index >= 15 is 0 Å². The van der Waals surface area contributed by atoms with Crippen LogP contribution in [-0.4, -0.2) is 40.8 Å². The molecule has 0 fully saturated rings. The van der Waals surface area contributed by atoms with E-state index < -0.39 is 20.0 Å². The molecule has 1 N–H and O–H groups in total. The molecule has 0 aliphatic heterocycles. The van der Waals surface area contributed by atoms with Gasteiger partial charge in [0, 0.05) is 19.6 Å². The van der Waals surface area contributed by atoms with Crippen LogP contribution in [0.5, 0.6) is 0 Å². The largest absolute Gasteiger partial charge is 0.243 e. The van der Waals surface area contributed by atoms with E-state index in [0.29, 0.717) is 27.5 Å². The summed E-state index contributed by atoms with van der Waals surface area (Å²) < 4.78 is 55.8. The highest BCUT2D eigenvalue weighted by Crippen LogP contribution is 2.25. The Labute approximate surface area is 193 Å². The topological polar surface area (TPSA) is 83.6 Å². The zero-order chi connectivity index (χ0) is 24.3. The molecule has 0 atom stereocenters. The van der Waals surface area contributed by atoms with Crippen molar-refractivity contribution in [3.63, 3.8) is 0 Å². The maximum absolute atomic E-state index is 13.2. The Morgan fingerprint density at radius 2 is 1.19 bits per heavy atom. The molecule has 0 aliphatic rings. The molecule has 0 aliphatic carbocycles. The Kier molecular flexibility index (Phi) is 8.44. The van der Waals surface area contributed by atoms with Crippen LogP contribution in [0.2, 0.25) is 0 Å². The van der Waals surface area contributed by atoms with Gasteiger partial charge in [0.25, 0.3) is 0 Å². The van der Waals surface area contributed by atoms with E-state index in [1.807, 2.05) is 38.1 Å². The van der Waals surface area contributed by atoms with Gasteiger partial charge in [0.15, 0.2) is 0 Å². The molecule has 0 amide bonds. The van der Waals surface area contributed by atoms with Gasteiger partial charge in [-0.15, -0.1) is 0 Å². The van der Waals surface area contributed by atoms with E-state index in [4.69, 9.17) is 0 Å². The van der Waals surface area contributed by atoms with Crippen LogP contribution in [0.25, 0.3) is 0 Å². The molecular formula is C24H34N2O4S2. The standard InChI is InChI=1S/C24H34N2O4S2/c1-8-26(32(29,30)24-21(6)15-18(3)16-22(24)7)12-10-9-11-25-31(27,28)23-19(4)13-17(2)14-20(23)5/h9-10,13-16,25H,8,11-12H2,1-7H3/b10-9-. The van der Waals surface area contributed by atoms with Crippen LogP contribution in [0.3, 0.4) is 0 Å². The van der Waals surface area contributed by atoms with Gasteiger partial charge >= 0.3 is 0 Å². The fraction of sp³-hybridized carbons (Fsp3) is 0.417. The van der Waals surface area contributed by atoms with Gasteiger partial charge in [-0.3, -0.25) is 0 Å². The second-order valence-corrected chi connectivity index (χ2v) is 11.8. The van der Waals surface area contributed by atoms with Gasteiger partial charge in [0.05, 0.1) is 9.79 Å². The lowest BCUT2D eigenvalue weighted by Gasteiger charge is -2.22. The maximum Gasteiger partial charge on any atom is 0.243 e. The minimum absolute atomic E-state index is 0.0786. The third-order valence-corrected chi connectivity index (χ3v) is 9.27. The number of nitrogens with one attached hydrogen (secondary N) is 1. The molecule has 176 valence electrons. The Morgan fingerprint density at radius 3 is 1.62 bits per heavy atom. The lowest BCUT2D eigenvalue weighted by molar-refractivity contribution is 0.458. The van der Waals surface area contributed by atoms with Gasteiger partial charge in [-0.05, 0) is 63.8 Å². The van der Waals surface area contributed by atoms with E-state index in [1.165, 1.54) is 4.31 Å². The number of sulfonamides is 2. The fourth-order valence-electron chi connectivity index (χ4n) is 4.20. The first kappa shape index (κ1) is 26.3. The molecule has 0 saturated carbocycles. The molecule has 0 spiro atoms. The Morgan fingerprint density at radius 1 is 0.750 bits per heavy atom. The highest BCUT2D eigenvalue weighted by atomic mass is 32.2. The molecule has 0 saturated heterocycles. The first-order valence-electron chi connectivity index (χ1n) is 10.6. The van der Waals surface area contributed by atoms with E-state index in [2.05, 4.69) is 4.72 Å². The van der Waals surface area contributed by atoms with Crippen molar-refractivity contribution in [1.82, 2.24) is 9.03 Å². The Hall–Kier alpha value is -2.00. The zero-order valence-corrected chi connectivity index (χ0v) is 21.6. The first-order valence-corrected chi connectivity index (χ1v) is 13.5. The number of aryl methyl sites for hydroxylation is 6. The SMILES string of the molecule is CCN(C/C=C\CNS(=O)(=O)c1c(C)cc(C)cc1C)S(=O)(=O)c1c(C)cc(C)cc1C. The predicted octanol–water partition coefficient (Wildman–Crippen LogP) is 4.08. The number of hydrogen-bond donors (Lipinski definition) is 1. The van der Waals surface area contributed by atoms with Gasteiger partial charge in [0.2, 0.25) is 20.0 Å². The first-order chi connectivity index (χ1) is 14.8. The summed E-state index contributed by atoms with van der Waals surface area (Å²) in [4.78, 5) is 0.629. The molecule has 2 aromatic carbocycles. The summed E-state index contributed by atoms with van der Waals surface area (Å²) in [6, 6.07) is 7.42.